The number of esters is 1. The lowest BCUT2D eigenvalue weighted by Crippen LogP contribution is -2.26. The minimum atomic E-state index is -3.73. The van der Waals surface area contributed by atoms with Crippen LogP contribution in [0.15, 0.2) is 82.8 Å². The Balaban J connectivity index is 1.62. The second kappa shape index (κ2) is 11.3. The fraction of sp³-hybridized carbons (Fsp3) is 0.160. The van der Waals surface area contributed by atoms with Crippen LogP contribution in [0, 0.1) is 6.92 Å². The zero-order valence-corrected chi connectivity index (χ0v) is 20.3. The number of aryl methyl sites for hydroxylation is 1. The molecule has 9 nitrogen and oxygen atoms in total. The summed E-state index contributed by atoms with van der Waals surface area (Å²) >= 11 is 0. The average Bonchev–Trinajstić information content (AvgIpc) is 2.87. The SMILES string of the molecule is COC(=O)COc1cccc(/C=N\NC(=O)c2ccc(N(C)S(=O)(=O)c3ccc(C)cc3)cc2)c1. The number of nitrogens with zero attached hydrogens (tertiary/aromatic N) is 2. The minimum absolute atomic E-state index is 0.182. The van der Waals surface area contributed by atoms with Crippen molar-refractivity contribution in [3.8, 4) is 5.75 Å². The van der Waals surface area contributed by atoms with E-state index in [-0.39, 0.29) is 11.5 Å². The van der Waals surface area contributed by atoms with Gasteiger partial charge in [-0.05, 0) is 61.0 Å². The quantitative estimate of drug-likeness (QED) is 0.277. The van der Waals surface area contributed by atoms with Crippen molar-refractivity contribution in [3.63, 3.8) is 0 Å². The molecule has 0 unspecified atom stereocenters. The topological polar surface area (TPSA) is 114 Å². The molecule has 3 aromatic rings. The van der Waals surface area contributed by atoms with Crippen molar-refractivity contribution in [1.82, 2.24) is 5.43 Å². The van der Waals surface area contributed by atoms with Crippen LogP contribution in [-0.2, 0) is 19.6 Å². The molecule has 0 aromatic heterocycles. The Bertz CT molecular complexity index is 1320. The lowest BCUT2D eigenvalue weighted by Gasteiger charge is -2.19. The van der Waals surface area contributed by atoms with E-state index in [9.17, 15) is 18.0 Å². The molecule has 0 radical (unpaired) electrons. The van der Waals surface area contributed by atoms with Gasteiger partial charge in [-0.1, -0.05) is 29.8 Å². The lowest BCUT2D eigenvalue weighted by molar-refractivity contribution is -0.142. The molecule has 0 atom stereocenters. The Labute approximate surface area is 204 Å². The number of ether oxygens (including phenoxy) is 2. The molecule has 0 aliphatic carbocycles. The largest absolute Gasteiger partial charge is 0.482 e. The van der Waals surface area contributed by atoms with Gasteiger partial charge in [0, 0.05) is 12.6 Å². The van der Waals surface area contributed by atoms with Crippen molar-refractivity contribution in [2.75, 3.05) is 25.1 Å². The summed E-state index contributed by atoms with van der Waals surface area (Å²) in [6.45, 7) is 1.67. The molecule has 182 valence electrons. The van der Waals surface area contributed by atoms with Crippen LogP contribution in [0.5, 0.6) is 5.75 Å². The molecule has 10 heteroatoms. The number of benzene rings is 3. The molecule has 0 saturated heterocycles. The van der Waals surface area contributed by atoms with Gasteiger partial charge in [-0.25, -0.2) is 18.6 Å². The summed E-state index contributed by atoms with van der Waals surface area (Å²) < 4.78 is 36.7. The number of hydrazone groups is 1. The number of sulfonamides is 1. The number of methoxy groups -OCH3 is 1. The fourth-order valence-electron chi connectivity index (χ4n) is 2.95. The van der Waals surface area contributed by atoms with Gasteiger partial charge in [0.1, 0.15) is 5.75 Å². The van der Waals surface area contributed by atoms with Gasteiger partial charge in [-0.3, -0.25) is 9.10 Å². The Morgan fingerprint density at radius 1 is 1.03 bits per heavy atom. The highest BCUT2D eigenvalue weighted by Crippen LogP contribution is 2.22. The van der Waals surface area contributed by atoms with Crippen LogP contribution in [0.2, 0.25) is 0 Å². The molecule has 0 spiro atoms. The predicted molar refractivity (Wildman–Crippen MR) is 132 cm³/mol. The molecule has 0 fully saturated rings. The molecular weight excluding hydrogens is 470 g/mol. The van der Waals surface area contributed by atoms with E-state index in [0.29, 0.717) is 22.6 Å². The molecule has 35 heavy (non-hydrogen) atoms. The third-order valence-corrected chi connectivity index (χ3v) is 6.79. The number of anilines is 1. The van der Waals surface area contributed by atoms with Crippen molar-refractivity contribution in [2.24, 2.45) is 5.10 Å². The summed E-state index contributed by atoms with van der Waals surface area (Å²) in [7, 11) is -0.997. The first-order valence-corrected chi connectivity index (χ1v) is 11.9. The second-order valence-corrected chi connectivity index (χ2v) is 9.44. The standard InChI is InChI=1S/C25H25N3O6S/c1-18-7-13-23(14-8-18)35(31,32)28(2)21-11-9-20(10-12-21)25(30)27-26-16-19-5-4-6-22(15-19)34-17-24(29)33-3/h4-16H,17H2,1-3H3,(H,27,30)/b26-16-. The number of carbonyl (C=O) groups is 2. The van der Waals surface area contributed by atoms with Gasteiger partial charge >= 0.3 is 5.97 Å². The van der Waals surface area contributed by atoms with Gasteiger partial charge in [-0.15, -0.1) is 0 Å². The molecular formula is C25H25N3O6S. The van der Waals surface area contributed by atoms with E-state index in [2.05, 4.69) is 15.3 Å². The Morgan fingerprint density at radius 3 is 2.37 bits per heavy atom. The summed E-state index contributed by atoms with van der Waals surface area (Å²) in [4.78, 5) is 23.8. The maximum absolute atomic E-state index is 12.8. The van der Waals surface area contributed by atoms with Crippen molar-refractivity contribution < 1.29 is 27.5 Å². The monoisotopic (exact) mass is 495 g/mol. The predicted octanol–water partition coefficient (Wildman–Crippen LogP) is 3.14. The molecule has 0 heterocycles. The maximum atomic E-state index is 12.8. The van der Waals surface area contributed by atoms with Crippen LogP contribution in [0.25, 0.3) is 0 Å². The average molecular weight is 496 g/mol. The van der Waals surface area contributed by atoms with Gasteiger partial charge in [0.05, 0.1) is 23.9 Å². The summed E-state index contributed by atoms with van der Waals surface area (Å²) in [5.41, 5.74) is 4.75. The number of hydrogen-bond acceptors (Lipinski definition) is 7. The molecule has 1 amide bonds. The number of amides is 1. The molecule has 3 aromatic carbocycles. The Kier molecular flexibility index (Phi) is 8.21. The van der Waals surface area contributed by atoms with Crippen LogP contribution in [0.1, 0.15) is 21.5 Å². The van der Waals surface area contributed by atoms with Gasteiger partial charge in [0.15, 0.2) is 6.61 Å². The first kappa shape index (κ1) is 25.4. The van der Waals surface area contributed by atoms with Gasteiger partial charge < -0.3 is 9.47 Å². The van der Waals surface area contributed by atoms with Gasteiger partial charge in [-0.2, -0.15) is 5.10 Å². The number of carbonyl (C=O) groups excluding carboxylic acids is 2. The minimum Gasteiger partial charge on any atom is -0.482 e. The third kappa shape index (κ3) is 6.67. The van der Waals surface area contributed by atoms with E-state index in [1.54, 1.807) is 60.7 Å². The number of nitrogens with one attached hydrogen (secondary N) is 1. The van der Waals surface area contributed by atoms with E-state index in [1.165, 1.54) is 32.5 Å². The Morgan fingerprint density at radius 2 is 1.71 bits per heavy atom. The van der Waals surface area contributed by atoms with E-state index >= 15 is 0 Å². The molecule has 0 aliphatic heterocycles. The molecule has 3 rings (SSSR count). The van der Waals surface area contributed by atoms with E-state index in [1.807, 2.05) is 6.92 Å². The smallest absolute Gasteiger partial charge is 0.343 e. The van der Waals surface area contributed by atoms with Gasteiger partial charge in [0.2, 0.25) is 0 Å². The fourth-order valence-corrected chi connectivity index (χ4v) is 4.14. The van der Waals surface area contributed by atoms with Crippen molar-refractivity contribution >= 4 is 33.8 Å². The molecule has 0 bridgehead atoms. The summed E-state index contributed by atoms with van der Waals surface area (Å²) in [6.07, 6.45) is 1.43. The van der Waals surface area contributed by atoms with Crippen molar-refractivity contribution in [3.05, 3.63) is 89.5 Å². The summed E-state index contributed by atoms with van der Waals surface area (Å²) in [5.74, 6) is -0.512. The van der Waals surface area contributed by atoms with E-state index in [4.69, 9.17) is 4.74 Å². The van der Waals surface area contributed by atoms with Crippen LogP contribution in [-0.4, -0.2) is 47.3 Å². The number of rotatable bonds is 9. The van der Waals surface area contributed by atoms with Crippen molar-refractivity contribution in [2.45, 2.75) is 11.8 Å². The zero-order chi connectivity index (χ0) is 25.4. The highest BCUT2D eigenvalue weighted by molar-refractivity contribution is 7.92. The third-order valence-electron chi connectivity index (χ3n) is 4.99. The van der Waals surface area contributed by atoms with E-state index in [0.717, 1.165) is 9.87 Å². The van der Waals surface area contributed by atoms with E-state index < -0.39 is 21.9 Å². The molecule has 1 N–H and O–H groups in total. The number of hydrogen-bond donors (Lipinski definition) is 1. The first-order chi connectivity index (χ1) is 16.7. The summed E-state index contributed by atoms with van der Waals surface area (Å²) in [5, 5.41) is 3.94. The van der Waals surface area contributed by atoms with Crippen LogP contribution < -0.4 is 14.5 Å². The van der Waals surface area contributed by atoms with Crippen LogP contribution in [0.3, 0.4) is 0 Å². The van der Waals surface area contributed by atoms with Crippen molar-refractivity contribution in [1.29, 1.82) is 0 Å². The summed E-state index contributed by atoms with van der Waals surface area (Å²) in [6, 6.07) is 19.5. The molecule has 0 saturated carbocycles. The maximum Gasteiger partial charge on any atom is 0.343 e. The normalized spacial score (nSPS) is 11.2. The molecule has 0 aliphatic rings. The zero-order valence-electron chi connectivity index (χ0n) is 19.5. The lowest BCUT2D eigenvalue weighted by atomic mass is 10.2. The first-order valence-electron chi connectivity index (χ1n) is 10.5. The van der Waals surface area contributed by atoms with Gasteiger partial charge in [0.25, 0.3) is 15.9 Å². The second-order valence-electron chi connectivity index (χ2n) is 7.47. The highest BCUT2D eigenvalue weighted by Gasteiger charge is 2.21. The van der Waals surface area contributed by atoms with Crippen LogP contribution >= 0.6 is 0 Å². The van der Waals surface area contributed by atoms with Crippen LogP contribution in [0.4, 0.5) is 5.69 Å². The Hall–Kier alpha value is -4.18. The highest BCUT2D eigenvalue weighted by atomic mass is 32.2.